The van der Waals surface area contributed by atoms with E-state index in [4.69, 9.17) is 24.7 Å². The van der Waals surface area contributed by atoms with Crippen LogP contribution < -0.4 is 24.7 Å². The average molecular weight is 514 g/mol. The molecular weight excluding hydrogens is 478 g/mol. The van der Waals surface area contributed by atoms with E-state index in [1.807, 2.05) is 91.0 Å². The normalized spacial score (nSPS) is 14.1. The number of nitrogens with two attached hydrogens (primary N) is 1. The first kappa shape index (κ1) is 27.0. The molecule has 0 aromatic heterocycles. The predicted octanol–water partition coefficient (Wildman–Crippen LogP) is 5.72. The standard InChI is InChI=1S/C32H35NO5/c1-23(34)32(33,38-28-17-15-27(16-18-28)37-22-25-12-8-5-9-13-25)29(20-24-10-6-4-7-11-24)26-14-19-30(35-2)31(21-26)36-3/h4-19,21,23,29,34H,20,22,33H2,1-3H3. The highest BCUT2D eigenvalue weighted by Gasteiger charge is 2.43. The van der Waals surface area contributed by atoms with Crippen molar-refractivity contribution in [3.8, 4) is 23.0 Å². The van der Waals surface area contributed by atoms with Crippen LogP contribution in [-0.2, 0) is 13.0 Å². The van der Waals surface area contributed by atoms with E-state index in [-0.39, 0.29) is 0 Å². The Morgan fingerprint density at radius 2 is 1.32 bits per heavy atom. The van der Waals surface area contributed by atoms with Crippen LogP contribution in [0.4, 0.5) is 0 Å². The molecule has 0 aliphatic rings. The summed E-state index contributed by atoms with van der Waals surface area (Å²) in [4.78, 5) is 0. The Morgan fingerprint density at radius 3 is 1.89 bits per heavy atom. The maximum atomic E-state index is 11.0. The predicted molar refractivity (Wildman–Crippen MR) is 149 cm³/mol. The molecule has 198 valence electrons. The number of aliphatic hydroxyl groups excluding tert-OH is 1. The van der Waals surface area contributed by atoms with E-state index < -0.39 is 17.7 Å². The third-order valence-electron chi connectivity index (χ3n) is 6.66. The number of benzene rings is 4. The summed E-state index contributed by atoms with van der Waals surface area (Å²) in [5.74, 6) is 2.01. The van der Waals surface area contributed by atoms with E-state index in [0.29, 0.717) is 36.0 Å². The minimum Gasteiger partial charge on any atom is -0.493 e. The fraction of sp³-hybridized carbons (Fsp3) is 0.250. The van der Waals surface area contributed by atoms with Gasteiger partial charge in [-0.2, -0.15) is 0 Å². The molecule has 0 aliphatic heterocycles. The van der Waals surface area contributed by atoms with Gasteiger partial charge in [-0.25, -0.2) is 0 Å². The largest absolute Gasteiger partial charge is 0.493 e. The molecule has 0 saturated carbocycles. The van der Waals surface area contributed by atoms with E-state index in [1.54, 1.807) is 33.3 Å². The second-order valence-electron chi connectivity index (χ2n) is 9.23. The zero-order valence-electron chi connectivity index (χ0n) is 22.0. The molecule has 4 rings (SSSR count). The van der Waals surface area contributed by atoms with E-state index in [0.717, 1.165) is 16.7 Å². The fourth-order valence-corrected chi connectivity index (χ4v) is 4.45. The van der Waals surface area contributed by atoms with Crippen LogP contribution in [0.25, 0.3) is 0 Å². The van der Waals surface area contributed by atoms with Crippen LogP contribution in [0.3, 0.4) is 0 Å². The number of rotatable bonds is 12. The van der Waals surface area contributed by atoms with Gasteiger partial charge in [0.05, 0.1) is 14.2 Å². The van der Waals surface area contributed by atoms with Crippen LogP contribution in [0.5, 0.6) is 23.0 Å². The monoisotopic (exact) mass is 513 g/mol. The SMILES string of the molecule is COc1ccc(C(Cc2ccccc2)C(N)(Oc2ccc(OCc3ccccc3)cc2)C(C)O)cc1OC. The summed E-state index contributed by atoms with van der Waals surface area (Å²) in [5.41, 5.74) is 8.51. The molecule has 0 heterocycles. The zero-order valence-corrected chi connectivity index (χ0v) is 22.0. The summed E-state index contributed by atoms with van der Waals surface area (Å²) in [6.07, 6.45) is -0.464. The van der Waals surface area contributed by atoms with Gasteiger partial charge in [0.1, 0.15) is 24.2 Å². The van der Waals surface area contributed by atoms with Crippen molar-refractivity contribution in [3.63, 3.8) is 0 Å². The molecule has 4 aromatic rings. The van der Waals surface area contributed by atoms with Crippen LogP contribution in [0, 0.1) is 0 Å². The molecule has 0 bridgehead atoms. The Morgan fingerprint density at radius 1 is 0.737 bits per heavy atom. The van der Waals surface area contributed by atoms with E-state index in [1.165, 1.54) is 0 Å². The quantitative estimate of drug-likeness (QED) is 0.236. The minimum atomic E-state index is -1.46. The van der Waals surface area contributed by atoms with Gasteiger partial charge in [-0.1, -0.05) is 66.7 Å². The molecule has 3 atom stereocenters. The Hall–Kier alpha value is -4.00. The lowest BCUT2D eigenvalue weighted by atomic mass is 9.80. The number of methoxy groups -OCH3 is 2. The highest BCUT2D eigenvalue weighted by Crippen LogP contribution is 2.39. The maximum absolute atomic E-state index is 11.0. The lowest BCUT2D eigenvalue weighted by molar-refractivity contribution is -0.0606. The number of hydrogen-bond acceptors (Lipinski definition) is 6. The Bertz CT molecular complexity index is 1280. The summed E-state index contributed by atoms with van der Waals surface area (Å²) < 4.78 is 23.3. The molecule has 38 heavy (non-hydrogen) atoms. The molecule has 4 aromatic carbocycles. The van der Waals surface area contributed by atoms with Crippen molar-refractivity contribution in [1.82, 2.24) is 0 Å². The van der Waals surface area contributed by atoms with Crippen LogP contribution in [-0.4, -0.2) is 31.2 Å². The first-order valence-electron chi connectivity index (χ1n) is 12.6. The zero-order chi connectivity index (χ0) is 27.0. The van der Waals surface area contributed by atoms with Crippen LogP contribution in [0.2, 0.25) is 0 Å². The Labute approximate surface area is 224 Å². The second-order valence-corrected chi connectivity index (χ2v) is 9.23. The molecule has 0 amide bonds. The molecule has 3 unspecified atom stereocenters. The smallest absolute Gasteiger partial charge is 0.191 e. The lowest BCUT2D eigenvalue weighted by Gasteiger charge is -2.40. The van der Waals surface area contributed by atoms with Crippen molar-refractivity contribution in [2.45, 2.75) is 37.7 Å². The number of aliphatic hydroxyl groups is 1. The average Bonchev–Trinajstić information content (AvgIpc) is 2.96. The molecule has 0 aliphatic carbocycles. The Kier molecular flexibility index (Phi) is 8.89. The number of ether oxygens (including phenoxy) is 4. The van der Waals surface area contributed by atoms with E-state index >= 15 is 0 Å². The Balaban J connectivity index is 1.62. The summed E-state index contributed by atoms with van der Waals surface area (Å²) in [6, 6.07) is 32.9. The van der Waals surface area contributed by atoms with Crippen molar-refractivity contribution < 1.29 is 24.1 Å². The summed E-state index contributed by atoms with van der Waals surface area (Å²) in [6.45, 7) is 2.12. The first-order chi connectivity index (χ1) is 18.4. The van der Waals surface area contributed by atoms with Crippen LogP contribution in [0.1, 0.15) is 29.5 Å². The first-order valence-corrected chi connectivity index (χ1v) is 12.6. The fourth-order valence-electron chi connectivity index (χ4n) is 4.45. The van der Waals surface area contributed by atoms with Gasteiger partial charge in [-0.05, 0) is 66.4 Å². The molecule has 3 N–H and O–H groups in total. The summed E-state index contributed by atoms with van der Waals surface area (Å²) in [7, 11) is 3.19. The molecule has 0 saturated heterocycles. The lowest BCUT2D eigenvalue weighted by Crippen LogP contribution is -2.59. The van der Waals surface area contributed by atoms with Crippen molar-refractivity contribution in [1.29, 1.82) is 0 Å². The molecular formula is C32H35NO5. The van der Waals surface area contributed by atoms with Crippen LogP contribution in [0.15, 0.2) is 103 Å². The maximum Gasteiger partial charge on any atom is 0.191 e. The second kappa shape index (κ2) is 12.5. The van der Waals surface area contributed by atoms with Gasteiger partial charge < -0.3 is 24.1 Å². The topological polar surface area (TPSA) is 83.2 Å². The van der Waals surface area contributed by atoms with E-state index in [2.05, 4.69) is 0 Å². The third-order valence-corrected chi connectivity index (χ3v) is 6.66. The molecule has 0 spiro atoms. The van der Waals surface area contributed by atoms with Crippen molar-refractivity contribution in [2.75, 3.05) is 14.2 Å². The summed E-state index contributed by atoms with van der Waals surface area (Å²) >= 11 is 0. The van der Waals surface area contributed by atoms with Gasteiger partial charge in [0.15, 0.2) is 17.2 Å². The van der Waals surface area contributed by atoms with E-state index in [9.17, 15) is 5.11 Å². The molecule has 0 radical (unpaired) electrons. The highest BCUT2D eigenvalue weighted by molar-refractivity contribution is 5.45. The third kappa shape index (κ3) is 6.46. The van der Waals surface area contributed by atoms with Gasteiger partial charge in [-0.15, -0.1) is 0 Å². The van der Waals surface area contributed by atoms with Crippen LogP contribution >= 0.6 is 0 Å². The van der Waals surface area contributed by atoms with Crippen molar-refractivity contribution in [3.05, 3.63) is 120 Å². The van der Waals surface area contributed by atoms with Crippen molar-refractivity contribution in [2.24, 2.45) is 5.73 Å². The van der Waals surface area contributed by atoms with Gasteiger partial charge >= 0.3 is 0 Å². The van der Waals surface area contributed by atoms with Gasteiger partial charge in [0.25, 0.3) is 0 Å². The van der Waals surface area contributed by atoms with Gasteiger partial charge in [0, 0.05) is 5.92 Å². The molecule has 6 nitrogen and oxygen atoms in total. The van der Waals surface area contributed by atoms with Gasteiger partial charge in [0.2, 0.25) is 0 Å². The minimum absolute atomic E-state index is 0.418. The molecule has 0 fully saturated rings. The summed E-state index contributed by atoms with van der Waals surface area (Å²) in [5, 5.41) is 11.0. The van der Waals surface area contributed by atoms with Crippen molar-refractivity contribution >= 4 is 0 Å². The number of hydrogen-bond donors (Lipinski definition) is 2. The van der Waals surface area contributed by atoms with Gasteiger partial charge in [-0.3, -0.25) is 5.73 Å². The molecule has 6 heteroatoms. The highest BCUT2D eigenvalue weighted by atomic mass is 16.5.